The number of rotatable bonds is 7. The zero-order chi connectivity index (χ0) is 27.8. The average molecular weight is 546 g/mol. The maximum absolute atomic E-state index is 13.9. The highest BCUT2D eigenvalue weighted by Gasteiger charge is 2.50. The number of alkyl halides is 3. The molecule has 1 aliphatic rings. The van der Waals surface area contributed by atoms with Crippen LogP contribution in [0.3, 0.4) is 0 Å². The first-order valence-corrected chi connectivity index (χ1v) is 12.8. The molecule has 37 heavy (non-hydrogen) atoms. The van der Waals surface area contributed by atoms with Crippen LogP contribution in [0.25, 0.3) is 0 Å². The van der Waals surface area contributed by atoms with Crippen molar-refractivity contribution in [1.82, 2.24) is 0 Å². The van der Waals surface area contributed by atoms with Gasteiger partial charge >= 0.3 is 12.1 Å². The number of halogens is 4. The van der Waals surface area contributed by atoms with Gasteiger partial charge in [-0.3, -0.25) is 9.10 Å². The molecule has 0 N–H and O–H groups in total. The van der Waals surface area contributed by atoms with Gasteiger partial charge in [0.25, 0.3) is 10.0 Å². The molecular formula is C25H27F4NO6S. The largest absolute Gasteiger partial charge is 0.486 e. The number of Topliss-reactive ketones (excluding diaryl/α,β-unsaturated/α-hetero) is 1. The maximum Gasteiger partial charge on any atom is 0.395 e. The van der Waals surface area contributed by atoms with Crippen LogP contribution < -0.4 is 9.04 Å². The smallest absolute Gasteiger partial charge is 0.395 e. The van der Waals surface area contributed by atoms with Crippen LogP contribution in [0.1, 0.15) is 39.7 Å². The SMILES string of the molecule is CC(=O)C[C@@H]([C@H]1CN(S(=O)(=O)c2ccc(F)cc2)c2cc(CC(=O)OC(C)(C)C)ccc2O1)C(F)(F)F. The first-order chi connectivity index (χ1) is 17.0. The minimum absolute atomic E-state index is 0.0922. The lowest BCUT2D eigenvalue weighted by atomic mass is 9.94. The number of sulfonamides is 1. The van der Waals surface area contributed by atoms with Gasteiger partial charge in [-0.1, -0.05) is 6.07 Å². The van der Waals surface area contributed by atoms with E-state index < -0.39 is 64.4 Å². The molecule has 3 rings (SSSR count). The standard InChI is InChI=1S/C25H27F4NO6S/c1-15(31)11-19(25(27,28)29)22-14-30(37(33,34)18-8-6-17(26)7-9-18)20-12-16(5-10-21(20)35-22)13-23(32)36-24(2,3)4/h5-10,12,19,22H,11,13-14H2,1-4H3/t19-,22+/m0/s1. The van der Waals surface area contributed by atoms with Gasteiger partial charge in [-0.2, -0.15) is 13.2 Å². The third-order valence-corrected chi connectivity index (χ3v) is 7.26. The highest BCUT2D eigenvalue weighted by Crippen LogP contribution is 2.43. The van der Waals surface area contributed by atoms with E-state index in [0.29, 0.717) is 5.56 Å². The van der Waals surface area contributed by atoms with Crippen molar-refractivity contribution in [3.05, 3.63) is 53.8 Å². The summed E-state index contributed by atoms with van der Waals surface area (Å²) in [6.45, 7) is 5.29. The zero-order valence-electron chi connectivity index (χ0n) is 20.6. The molecular weight excluding hydrogens is 518 g/mol. The van der Waals surface area contributed by atoms with Crippen molar-refractivity contribution < 1.29 is 45.0 Å². The van der Waals surface area contributed by atoms with E-state index in [-0.39, 0.29) is 22.8 Å². The number of carbonyl (C=O) groups is 2. The summed E-state index contributed by atoms with van der Waals surface area (Å²) < 4.78 is 93.8. The molecule has 2 atom stereocenters. The summed E-state index contributed by atoms with van der Waals surface area (Å²) in [6.07, 6.45) is -7.71. The van der Waals surface area contributed by atoms with Crippen LogP contribution in [0.15, 0.2) is 47.4 Å². The number of ether oxygens (including phenoxy) is 2. The van der Waals surface area contributed by atoms with Crippen LogP contribution in [0.5, 0.6) is 5.75 Å². The Labute approximate surface area is 212 Å². The lowest BCUT2D eigenvalue weighted by Gasteiger charge is -2.39. The Morgan fingerprint density at radius 1 is 1.11 bits per heavy atom. The lowest BCUT2D eigenvalue weighted by molar-refractivity contribution is -0.198. The molecule has 0 spiro atoms. The van der Waals surface area contributed by atoms with E-state index in [4.69, 9.17) is 9.47 Å². The molecule has 0 saturated heterocycles. The highest BCUT2D eigenvalue weighted by atomic mass is 32.2. The van der Waals surface area contributed by atoms with Gasteiger partial charge in [0.2, 0.25) is 0 Å². The molecule has 12 heteroatoms. The molecule has 0 saturated carbocycles. The lowest BCUT2D eigenvalue weighted by Crippen LogP contribution is -2.50. The molecule has 0 radical (unpaired) electrons. The first kappa shape index (κ1) is 28.4. The van der Waals surface area contributed by atoms with E-state index in [2.05, 4.69) is 0 Å². The third-order valence-electron chi connectivity index (χ3n) is 5.46. The van der Waals surface area contributed by atoms with E-state index in [1.807, 2.05) is 0 Å². The van der Waals surface area contributed by atoms with Gasteiger partial charge in [0, 0.05) is 6.42 Å². The quantitative estimate of drug-likeness (QED) is 0.366. The Hall–Kier alpha value is -3.15. The van der Waals surface area contributed by atoms with Gasteiger partial charge in [0.1, 0.15) is 35.0 Å². The van der Waals surface area contributed by atoms with Crippen molar-refractivity contribution in [2.45, 2.75) is 63.3 Å². The van der Waals surface area contributed by atoms with Crippen LogP contribution in [0.2, 0.25) is 0 Å². The Morgan fingerprint density at radius 3 is 2.27 bits per heavy atom. The Bertz CT molecular complexity index is 1270. The number of hydrogen-bond acceptors (Lipinski definition) is 6. The fourth-order valence-corrected chi connectivity index (χ4v) is 5.39. The molecule has 7 nitrogen and oxygen atoms in total. The number of anilines is 1. The number of hydrogen-bond donors (Lipinski definition) is 0. The van der Waals surface area contributed by atoms with Crippen molar-refractivity contribution in [3.8, 4) is 5.75 Å². The fourth-order valence-electron chi connectivity index (χ4n) is 3.91. The molecule has 2 aromatic carbocycles. The third kappa shape index (κ3) is 7.00. The molecule has 0 aliphatic carbocycles. The Kier molecular flexibility index (Phi) is 7.92. The number of esters is 1. The molecule has 0 amide bonds. The second-order valence-corrected chi connectivity index (χ2v) is 11.6. The minimum atomic E-state index is -4.85. The Balaban J connectivity index is 2.08. The van der Waals surface area contributed by atoms with Gasteiger partial charge in [0.05, 0.1) is 23.5 Å². The first-order valence-electron chi connectivity index (χ1n) is 11.3. The van der Waals surface area contributed by atoms with Crippen LogP contribution in [-0.4, -0.2) is 44.6 Å². The van der Waals surface area contributed by atoms with Crippen molar-refractivity contribution in [3.63, 3.8) is 0 Å². The summed E-state index contributed by atoms with van der Waals surface area (Å²) in [4.78, 5) is 23.6. The van der Waals surface area contributed by atoms with Crippen molar-refractivity contribution >= 4 is 27.5 Å². The van der Waals surface area contributed by atoms with E-state index in [1.165, 1.54) is 18.2 Å². The monoisotopic (exact) mass is 545 g/mol. The summed E-state index contributed by atoms with van der Waals surface area (Å²) in [7, 11) is -4.49. The molecule has 0 bridgehead atoms. The number of fused-ring (bicyclic) bond motifs is 1. The maximum atomic E-state index is 13.9. The zero-order valence-corrected chi connectivity index (χ0v) is 21.5. The van der Waals surface area contributed by atoms with Gasteiger partial charge in [0.15, 0.2) is 0 Å². The molecule has 1 heterocycles. The molecule has 0 fully saturated rings. The highest BCUT2D eigenvalue weighted by molar-refractivity contribution is 7.92. The van der Waals surface area contributed by atoms with E-state index in [9.17, 15) is 35.6 Å². The summed E-state index contributed by atoms with van der Waals surface area (Å²) in [5, 5.41) is 0. The molecule has 0 aromatic heterocycles. The summed E-state index contributed by atoms with van der Waals surface area (Å²) in [5.74, 6) is -4.47. The second kappa shape index (κ2) is 10.3. The van der Waals surface area contributed by atoms with Crippen LogP contribution in [-0.2, 0) is 30.8 Å². The normalized spacial score (nSPS) is 17.0. The van der Waals surface area contributed by atoms with E-state index in [1.54, 1.807) is 20.8 Å². The van der Waals surface area contributed by atoms with Gasteiger partial charge in [-0.15, -0.1) is 0 Å². The number of nitrogens with zero attached hydrogens (tertiary/aromatic N) is 1. The summed E-state index contributed by atoms with van der Waals surface area (Å²) in [5.41, 5.74) is -0.515. The van der Waals surface area contributed by atoms with Crippen molar-refractivity contribution in [1.29, 1.82) is 0 Å². The van der Waals surface area contributed by atoms with Crippen LogP contribution in [0.4, 0.5) is 23.2 Å². The van der Waals surface area contributed by atoms with E-state index in [0.717, 1.165) is 35.5 Å². The molecule has 202 valence electrons. The average Bonchev–Trinajstić information content (AvgIpc) is 2.75. The number of benzene rings is 2. The predicted molar refractivity (Wildman–Crippen MR) is 126 cm³/mol. The topological polar surface area (TPSA) is 90.0 Å². The number of ketones is 1. The van der Waals surface area contributed by atoms with Crippen LogP contribution in [0, 0.1) is 11.7 Å². The van der Waals surface area contributed by atoms with Gasteiger partial charge in [-0.25, -0.2) is 12.8 Å². The predicted octanol–water partition coefficient (Wildman–Crippen LogP) is 4.82. The van der Waals surface area contributed by atoms with Gasteiger partial charge < -0.3 is 14.3 Å². The van der Waals surface area contributed by atoms with Crippen molar-refractivity contribution in [2.24, 2.45) is 5.92 Å². The number of carbonyl (C=O) groups excluding carboxylic acids is 2. The molecule has 2 aromatic rings. The second-order valence-electron chi connectivity index (χ2n) is 9.77. The Morgan fingerprint density at radius 2 is 1.73 bits per heavy atom. The molecule has 1 aliphatic heterocycles. The summed E-state index contributed by atoms with van der Waals surface area (Å²) >= 11 is 0. The van der Waals surface area contributed by atoms with E-state index >= 15 is 0 Å². The van der Waals surface area contributed by atoms with Crippen molar-refractivity contribution in [2.75, 3.05) is 10.8 Å². The summed E-state index contributed by atoms with van der Waals surface area (Å²) in [6, 6.07) is 7.84. The fraction of sp³-hybridized carbons (Fsp3) is 0.440. The van der Waals surface area contributed by atoms with Crippen LogP contribution >= 0.6 is 0 Å². The minimum Gasteiger partial charge on any atom is -0.486 e. The van der Waals surface area contributed by atoms with Gasteiger partial charge in [-0.05, 0) is 69.7 Å². The molecule has 0 unspecified atom stereocenters.